The lowest BCUT2D eigenvalue weighted by molar-refractivity contribution is -0.132. The molecule has 7 heteroatoms. The second kappa shape index (κ2) is 7.02. The van der Waals surface area contributed by atoms with Gasteiger partial charge in [0.25, 0.3) is 0 Å². The van der Waals surface area contributed by atoms with Crippen LogP contribution in [0, 0.1) is 0 Å². The van der Waals surface area contributed by atoms with E-state index in [9.17, 15) is 4.79 Å². The molecule has 6 nitrogen and oxygen atoms in total. The van der Waals surface area contributed by atoms with Crippen LogP contribution in [0.25, 0.3) is 0 Å². The van der Waals surface area contributed by atoms with E-state index in [2.05, 4.69) is 21.8 Å². The van der Waals surface area contributed by atoms with Crippen molar-refractivity contribution in [3.05, 3.63) is 34.3 Å². The van der Waals surface area contributed by atoms with Gasteiger partial charge in [-0.25, -0.2) is 4.68 Å². The Morgan fingerprint density at radius 1 is 1.41 bits per heavy atom. The summed E-state index contributed by atoms with van der Waals surface area (Å²) in [4.78, 5) is 14.2. The summed E-state index contributed by atoms with van der Waals surface area (Å²) in [6.45, 7) is 1.45. The average Bonchev–Trinajstić information content (AvgIpc) is 3.24. The fourth-order valence-corrected chi connectivity index (χ4v) is 3.49. The SMILES string of the molecule is O=C(CCc1ccsc1)N1CCC(n2cc(CO)nn2)CC1. The molecule has 2 aromatic heterocycles. The van der Waals surface area contributed by atoms with Crippen molar-refractivity contribution in [1.82, 2.24) is 19.9 Å². The number of amides is 1. The van der Waals surface area contributed by atoms with Crippen molar-refractivity contribution < 1.29 is 9.90 Å². The van der Waals surface area contributed by atoms with Gasteiger partial charge in [-0.15, -0.1) is 5.10 Å². The number of aromatic nitrogens is 3. The molecule has 22 heavy (non-hydrogen) atoms. The highest BCUT2D eigenvalue weighted by atomic mass is 32.1. The Labute approximate surface area is 133 Å². The minimum absolute atomic E-state index is 0.0834. The van der Waals surface area contributed by atoms with Crippen LogP contribution in [0.3, 0.4) is 0 Å². The number of aliphatic hydroxyl groups is 1. The minimum atomic E-state index is -0.0834. The van der Waals surface area contributed by atoms with Gasteiger partial charge in [-0.3, -0.25) is 4.79 Å². The second-order valence-electron chi connectivity index (χ2n) is 5.59. The van der Waals surface area contributed by atoms with E-state index in [1.807, 2.05) is 15.0 Å². The molecule has 0 atom stereocenters. The van der Waals surface area contributed by atoms with Gasteiger partial charge in [0, 0.05) is 19.5 Å². The maximum atomic E-state index is 12.2. The molecular weight excluding hydrogens is 300 g/mol. The van der Waals surface area contributed by atoms with Crippen LogP contribution >= 0.6 is 11.3 Å². The summed E-state index contributed by atoms with van der Waals surface area (Å²) in [5.74, 6) is 0.235. The van der Waals surface area contributed by atoms with Crippen LogP contribution in [-0.4, -0.2) is 44.0 Å². The van der Waals surface area contributed by atoms with Crippen molar-refractivity contribution in [1.29, 1.82) is 0 Å². The molecule has 0 aliphatic carbocycles. The van der Waals surface area contributed by atoms with Gasteiger partial charge in [0.05, 0.1) is 18.8 Å². The molecule has 0 saturated carbocycles. The van der Waals surface area contributed by atoms with Crippen molar-refractivity contribution in [3.8, 4) is 0 Å². The quantitative estimate of drug-likeness (QED) is 0.909. The Hall–Kier alpha value is -1.73. The molecule has 0 bridgehead atoms. The zero-order valence-electron chi connectivity index (χ0n) is 12.4. The van der Waals surface area contributed by atoms with Crippen LogP contribution in [0.1, 0.15) is 36.6 Å². The Morgan fingerprint density at radius 3 is 2.86 bits per heavy atom. The molecule has 1 amide bonds. The number of aliphatic hydroxyl groups excluding tert-OH is 1. The first-order chi connectivity index (χ1) is 10.8. The van der Waals surface area contributed by atoms with Crippen LogP contribution in [0.2, 0.25) is 0 Å². The van der Waals surface area contributed by atoms with Crippen molar-refractivity contribution in [2.75, 3.05) is 13.1 Å². The lowest BCUT2D eigenvalue weighted by Crippen LogP contribution is -2.39. The standard InChI is InChI=1S/C15H20N4O2S/c20-10-13-9-19(17-16-13)14-3-6-18(7-4-14)15(21)2-1-12-5-8-22-11-12/h5,8-9,11,14,20H,1-4,6-7,10H2. The van der Waals surface area contributed by atoms with Crippen LogP contribution in [0.5, 0.6) is 0 Å². The van der Waals surface area contributed by atoms with Crippen LogP contribution in [0.15, 0.2) is 23.0 Å². The van der Waals surface area contributed by atoms with Crippen molar-refractivity contribution >= 4 is 17.2 Å². The van der Waals surface area contributed by atoms with E-state index in [0.29, 0.717) is 12.1 Å². The number of carbonyl (C=O) groups is 1. The average molecular weight is 320 g/mol. The summed E-state index contributed by atoms with van der Waals surface area (Å²) in [5.41, 5.74) is 1.83. The molecule has 3 heterocycles. The van der Waals surface area contributed by atoms with Gasteiger partial charge in [0.2, 0.25) is 5.91 Å². The summed E-state index contributed by atoms with van der Waals surface area (Å²) in [7, 11) is 0. The van der Waals surface area contributed by atoms with Crippen molar-refractivity contribution in [2.24, 2.45) is 0 Å². The van der Waals surface area contributed by atoms with Crippen LogP contribution in [0.4, 0.5) is 0 Å². The normalized spacial score (nSPS) is 16.1. The lowest BCUT2D eigenvalue weighted by atomic mass is 10.0. The highest BCUT2D eigenvalue weighted by Gasteiger charge is 2.24. The molecule has 118 valence electrons. The molecule has 1 aliphatic rings. The number of piperidine rings is 1. The molecular formula is C15H20N4O2S. The second-order valence-corrected chi connectivity index (χ2v) is 6.37. The predicted molar refractivity (Wildman–Crippen MR) is 83.4 cm³/mol. The highest BCUT2D eigenvalue weighted by Crippen LogP contribution is 2.22. The molecule has 2 aromatic rings. The number of rotatable bonds is 5. The van der Waals surface area contributed by atoms with Crippen LogP contribution in [-0.2, 0) is 17.8 Å². The molecule has 3 rings (SSSR count). The molecule has 0 aromatic carbocycles. The summed E-state index contributed by atoms with van der Waals surface area (Å²) < 4.78 is 1.82. The van der Waals surface area contributed by atoms with Gasteiger partial charge in [-0.1, -0.05) is 5.21 Å². The monoisotopic (exact) mass is 320 g/mol. The van der Waals surface area contributed by atoms with Gasteiger partial charge in [0.15, 0.2) is 0 Å². The Balaban J connectivity index is 1.47. The maximum absolute atomic E-state index is 12.2. The predicted octanol–water partition coefficient (Wildman–Crippen LogP) is 1.63. The van der Waals surface area contributed by atoms with Gasteiger partial charge in [-0.05, 0) is 41.7 Å². The van der Waals surface area contributed by atoms with E-state index in [4.69, 9.17) is 5.11 Å². The Bertz CT molecular complexity index is 603. The summed E-state index contributed by atoms with van der Waals surface area (Å²) in [6, 6.07) is 2.35. The zero-order valence-corrected chi connectivity index (χ0v) is 13.2. The molecule has 1 fully saturated rings. The Kier molecular flexibility index (Phi) is 4.84. The summed E-state index contributed by atoms with van der Waals surface area (Å²) >= 11 is 1.67. The molecule has 0 radical (unpaired) electrons. The Morgan fingerprint density at radius 2 is 2.23 bits per heavy atom. The third-order valence-corrected chi connectivity index (χ3v) is 4.85. The molecule has 1 N–H and O–H groups in total. The largest absolute Gasteiger partial charge is 0.390 e. The number of carbonyl (C=O) groups excluding carboxylic acids is 1. The van der Waals surface area contributed by atoms with E-state index in [-0.39, 0.29) is 18.6 Å². The van der Waals surface area contributed by atoms with Gasteiger partial charge >= 0.3 is 0 Å². The molecule has 1 aliphatic heterocycles. The van der Waals surface area contributed by atoms with E-state index < -0.39 is 0 Å². The number of aryl methyl sites for hydroxylation is 1. The first-order valence-corrected chi connectivity index (χ1v) is 8.51. The molecule has 0 spiro atoms. The topological polar surface area (TPSA) is 71.2 Å². The number of likely N-dealkylation sites (tertiary alicyclic amines) is 1. The summed E-state index contributed by atoms with van der Waals surface area (Å²) in [5, 5.41) is 21.1. The lowest BCUT2D eigenvalue weighted by Gasteiger charge is -2.31. The zero-order chi connectivity index (χ0) is 15.4. The van der Waals surface area contributed by atoms with Gasteiger partial charge in [-0.2, -0.15) is 11.3 Å². The highest BCUT2D eigenvalue weighted by molar-refractivity contribution is 7.07. The first kappa shape index (κ1) is 15.2. The fraction of sp³-hybridized carbons (Fsp3) is 0.533. The summed E-state index contributed by atoms with van der Waals surface area (Å²) in [6.07, 6.45) is 4.97. The molecule has 1 saturated heterocycles. The number of thiophene rings is 1. The van der Waals surface area contributed by atoms with Gasteiger partial charge in [0.1, 0.15) is 5.69 Å². The number of nitrogens with zero attached hydrogens (tertiary/aromatic N) is 4. The van der Waals surface area contributed by atoms with Crippen molar-refractivity contribution in [3.63, 3.8) is 0 Å². The third kappa shape index (κ3) is 3.53. The number of hydrogen-bond acceptors (Lipinski definition) is 5. The smallest absolute Gasteiger partial charge is 0.222 e. The minimum Gasteiger partial charge on any atom is -0.390 e. The van der Waals surface area contributed by atoms with Crippen molar-refractivity contribution in [2.45, 2.75) is 38.3 Å². The first-order valence-electron chi connectivity index (χ1n) is 7.56. The number of hydrogen-bond donors (Lipinski definition) is 1. The maximum Gasteiger partial charge on any atom is 0.222 e. The fourth-order valence-electron chi connectivity index (χ4n) is 2.79. The van der Waals surface area contributed by atoms with E-state index >= 15 is 0 Å². The van der Waals surface area contributed by atoms with Crippen LogP contribution < -0.4 is 0 Å². The third-order valence-electron chi connectivity index (χ3n) is 4.12. The van der Waals surface area contributed by atoms with E-state index in [1.165, 1.54) is 5.56 Å². The van der Waals surface area contributed by atoms with E-state index in [1.54, 1.807) is 17.5 Å². The molecule has 0 unspecified atom stereocenters. The van der Waals surface area contributed by atoms with E-state index in [0.717, 1.165) is 32.4 Å². The van der Waals surface area contributed by atoms with Gasteiger partial charge < -0.3 is 10.0 Å².